The minimum Gasteiger partial charge on any atom is -0.391 e. The molecule has 2 fully saturated rings. The molecule has 3 nitrogen and oxygen atoms in total. The molecular weight excluding hydrogens is 248 g/mol. The predicted octanol–water partition coefficient (Wildman–Crippen LogP) is 2.92. The number of hydrogen-bond donors (Lipinski definition) is 2. The number of nitrogens with one attached hydrogen (secondary N) is 1. The summed E-state index contributed by atoms with van der Waals surface area (Å²) < 4.78 is 0. The maximum absolute atomic E-state index is 10.4. The molecule has 2 unspecified atom stereocenters. The molecule has 2 atom stereocenters. The molecule has 0 amide bonds. The number of nitrogens with zero attached hydrogens (tertiary/aromatic N) is 1. The zero-order chi connectivity index (χ0) is 14.4. The first-order valence-corrected chi connectivity index (χ1v) is 8.85. The zero-order valence-corrected chi connectivity index (χ0v) is 13.5. The molecule has 0 bridgehead atoms. The zero-order valence-electron chi connectivity index (χ0n) is 13.5. The number of aliphatic hydroxyl groups is 1. The Morgan fingerprint density at radius 2 is 1.70 bits per heavy atom. The van der Waals surface area contributed by atoms with Crippen molar-refractivity contribution < 1.29 is 5.11 Å². The average molecular weight is 282 g/mol. The van der Waals surface area contributed by atoms with Gasteiger partial charge in [0.1, 0.15) is 0 Å². The summed E-state index contributed by atoms with van der Waals surface area (Å²) in [6.45, 7) is 3.40. The van der Waals surface area contributed by atoms with Crippen LogP contribution in [0.4, 0.5) is 0 Å². The van der Waals surface area contributed by atoms with E-state index in [1.54, 1.807) is 0 Å². The van der Waals surface area contributed by atoms with Gasteiger partial charge in [-0.05, 0) is 58.5 Å². The molecule has 118 valence electrons. The Kier molecular flexibility index (Phi) is 6.79. The van der Waals surface area contributed by atoms with E-state index in [2.05, 4.69) is 24.2 Å². The van der Waals surface area contributed by atoms with Crippen molar-refractivity contribution in [1.82, 2.24) is 10.2 Å². The smallest absolute Gasteiger partial charge is 0.0695 e. The monoisotopic (exact) mass is 282 g/mol. The lowest BCUT2D eigenvalue weighted by Gasteiger charge is -2.40. The topological polar surface area (TPSA) is 35.5 Å². The average Bonchev–Trinajstić information content (AvgIpc) is 2.69. The van der Waals surface area contributed by atoms with Crippen molar-refractivity contribution in [2.45, 2.75) is 95.4 Å². The van der Waals surface area contributed by atoms with Crippen LogP contribution in [0.1, 0.15) is 71.1 Å². The summed E-state index contributed by atoms with van der Waals surface area (Å²) in [4.78, 5) is 2.52. The highest BCUT2D eigenvalue weighted by Crippen LogP contribution is 2.28. The highest BCUT2D eigenvalue weighted by molar-refractivity contribution is 4.88. The molecule has 3 heteroatoms. The van der Waals surface area contributed by atoms with Gasteiger partial charge in [0.25, 0.3) is 0 Å². The molecule has 0 spiro atoms. The van der Waals surface area contributed by atoms with E-state index >= 15 is 0 Å². The van der Waals surface area contributed by atoms with Crippen molar-refractivity contribution in [3.63, 3.8) is 0 Å². The van der Waals surface area contributed by atoms with Gasteiger partial charge in [0.05, 0.1) is 6.10 Å². The minimum absolute atomic E-state index is 0.0987. The van der Waals surface area contributed by atoms with E-state index < -0.39 is 0 Å². The van der Waals surface area contributed by atoms with Crippen LogP contribution >= 0.6 is 0 Å². The van der Waals surface area contributed by atoms with Crippen molar-refractivity contribution in [3.05, 3.63) is 0 Å². The van der Waals surface area contributed by atoms with E-state index in [0.29, 0.717) is 12.1 Å². The summed E-state index contributed by atoms with van der Waals surface area (Å²) in [6, 6.07) is 1.83. The standard InChI is InChI=1S/C17H34N2O/c1-3-13-18-14-9-11-15(12-10-14)19(2)16-7-5-4-6-8-17(16)20/h14-18,20H,3-13H2,1-2H3. The third kappa shape index (κ3) is 4.44. The normalized spacial score (nSPS) is 36.0. The Labute approximate surface area is 125 Å². The Bertz CT molecular complexity index is 264. The molecule has 2 aliphatic carbocycles. The lowest BCUT2D eigenvalue weighted by Crippen LogP contribution is -2.49. The van der Waals surface area contributed by atoms with Gasteiger partial charge in [-0.25, -0.2) is 0 Å². The van der Waals surface area contributed by atoms with E-state index in [9.17, 15) is 5.11 Å². The van der Waals surface area contributed by atoms with Gasteiger partial charge in [-0.3, -0.25) is 4.90 Å². The summed E-state index contributed by atoms with van der Waals surface area (Å²) in [5, 5.41) is 14.0. The molecule has 2 N–H and O–H groups in total. The van der Waals surface area contributed by atoms with Gasteiger partial charge >= 0.3 is 0 Å². The van der Waals surface area contributed by atoms with Crippen molar-refractivity contribution in [3.8, 4) is 0 Å². The van der Waals surface area contributed by atoms with Crippen LogP contribution in [0.15, 0.2) is 0 Å². The highest BCUT2D eigenvalue weighted by atomic mass is 16.3. The van der Waals surface area contributed by atoms with Gasteiger partial charge in [0.15, 0.2) is 0 Å². The van der Waals surface area contributed by atoms with E-state index in [0.717, 1.165) is 19.0 Å². The molecule has 2 saturated carbocycles. The summed E-state index contributed by atoms with van der Waals surface area (Å²) in [6.07, 6.45) is 12.3. The van der Waals surface area contributed by atoms with Crippen LogP contribution in [0.5, 0.6) is 0 Å². The lowest BCUT2D eigenvalue weighted by atomic mass is 9.88. The molecule has 0 aromatic carbocycles. The van der Waals surface area contributed by atoms with Gasteiger partial charge in [0.2, 0.25) is 0 Å². The van der Waals surface area contributed by atoms with Crippen LogP contribution in [-0.2, 0) is 0 Å². The predicted molar refractivity (Wildman–Crippen MR) is 85.0 cm³/mol. The number of hydrogen-bond acceptors (Lipinski definition) is 3. The molecule has 0 saturated heterocycles. The van der Waals surface area contributed by atoms with Gasteiger partial charge < -0.3 is 10.4 Å². The van der Waals surface area contributed by atoms with Crippen LogP contribution in [-0.4, -0.2) is 47.8 Å². The molecule has 0 aromatic heterocycles. The Morgan fingerprint density at radius 1 is 1.00 bits per heavy atom. The van der Waals surface area contributed by atoms with Crippen LogP contribution < -0.4 is 5.32 Å². The van der Waals surface area contributed by atoms with Crippen molar-refractivity contribution in [2.75, 3.05) is 13.6 Å². The number of rotatable bonds is 5. The van der Waals surface area contributed by atoms with E-state index in [1.165, 1.54) is 57.8 Å². The fourth-order valence-electron chi connectivity index (χ4n) is 4.05. The Balaban J connectivity index is 1.79. The van der Waals surface area contributed by atoms with Gasteiger partial charge in [-0.1, -0.05) is 26.2 Å². The van der Waals surface area contributed by atoms with Crippen molar-refractivity contribution in [1.29, 1.82) is 0 Å². The summed E-state index contributed by atoms with van der Waals surface area (Å²) in [7, 11) is 2.25. The number of aliphatic hydroxyl groups excluding tert-OH is 1. The second-order valence-corrected chi connectivity index (χ2v) is 6.90. The van der Waals surface area contributed by atoms with Crippen molar-refractivity contribution >= 4 is 0 Å². The largest absolute Gasteiger partial charge is 0.391 e. The molecule has 0 radical (unpaired) electrons. The molecule has 0 aromatic rings. The molecule has 2 rings (SSSR count). The van der Waals surface area contributed by atoms with E-state index in [-0.39, 0.29) is 6.10 Å². The van der Waals surface area contributed by atoms with Crippen LogP contribution in [0.2, 0.25) is 0 Å². The SMILES string of the molecule is CCCNC1CCC(N(C)C2CCCCCC2O)CC1. The summed E-state index contributed by atoms with van der Waals surface area (Å²) >= 11 is 0. The van der Waals surface area contributed by atoms with Crippen LogP contribution in [0.25, 0.3) is 0 Å². The second-order valence-electron chi connectivity index (χ2n) is 6.90. The number of likely N-dealkylation sites (N-methyl/N-ethyl adjacent to an activating group) is 1. The Morgan fingerprint density at radius 3 is 2.40 bits per heavy atom. The molecule has 2 aliphatic rings. The molecule has 0 heterocycles. The van der Waals surface area contributed by atoms with Crippen LogP contribution in [0.3, 0.4) is 0 Å². The molecular formula is C17H34N2O. The van der Waals surface area contributed by atoms with Crippen molar-refractivity contribution in [2.24, 2.45) is 0 Å². The first-order valence-electron chi connectivity index (χ1n) is 8.85. The second kappa shape index (κ2) is 8.35. The summed E-state index contributed by atoms with van der Waals surface area (Å²) in [5.74, 6) is 0. The summed E-state index contributed by atoms with van der Waals surface area (Å²) in [5.41, 5.74) is 0. The molecule has 0 aliphatic heterocycles. The fourth-order valence-corrected chi connectivity index (χ4v) is 4.05. The van der Waals surface area contributed by atoms with Gasteiger partial charge in [-0.15, -0.1) is 0 Å². The maximum atomic E-state index is 10.4. The first kappa shape index (κ1) is 16.3. The van der Waals surface area contributed by atoms with Crippen LogP contribution in [0, 0.1) is 0 Å². The van der Waals surface area contributed by atoms with E-state index in [4.69, 9.17) is 0 Å². The third-order valence-electron chi connectivity index (χ3n) is 5.42. The van der Waals surface area contributed by atoms with Gasteiger partial charge in [-0.2, -0.15) is 0 Å². The Hall–Kier alpha value is -0.120. The minimum atomic E-state index is -0.0987. The third-order valence-corrected chi connectivity index (χ3v) is 5.42. The first-order chi connectivity index (χ1) is 9.72. The lowest BCUT2D eigenvalue weighted by molar-refractivity contribution is 0.0241. The quantitative estimate of drug-likeness (QED) is 0.761. The highest BCUT2D eigenvalue weighted by Gasteiger charge is 2.31. The molecule has 20 heavy (non-hydrogen) atoms. The fraction of sp³-hybridized carbons (Fsp3) is 1.00. The van der Waals surface area contributed by atoms with Gasteiger partial charge in [0, 0.05) is 18.1 Å². The maximum Gasteiger partial charge on any atom is 0.0695 e. The van der Waals surface area contributed by atoms with E-state index in [1.807, 2.05) is 0 Å².